The maximum atomic E-state index is 12.0. The maximum Gasteiger partial charge on any atom is 0.305 e. The summed E-state index contributed by atoms with van der Waals surface area (Å²) in [5, 5.41) is 15.7. The van der Waals surface area contributed by atoms with Crippen LogP contribution in [0.4, 0.5) is 0 Å². The van der Waals surface area contributed by atoms with Crippen LogP contribution >= 0.6 is 0 Å². The van der Waals surface area contributed by atoms with Gasteiger partial charge in [-0.25, -0.2) is 0 Å². The number of carboxylic acid groups (broad SMARTS) is 1. The molecule has 1 amide bonds. The van der Waals surface area contributed by atoms with E-state index in [1.807, 2.05) is 11.6 Å². The van der Waals surface area contributed by atoms with Gasteiger partial charge < -0.3 is 10.4 Å². The SMILES string of the molecule is CCC(CC)n1nc(C(=O)NC(C)CC(=O)O)cc1C. The first kappa shape index (κ1) is 16.2. The number of amides is 1. The van der Waals surface area contributed by atoms with Gasteiger partial charge in [-0.1, -0.05) is 13.8 Å². The molecule has 0 saturated carbocycles. The monoisotopic (exact) mass is 281 g/mol. The van der Waals surface area contributed by atoms with Crippen LogP contribution < -0.4 is 5.32 Å². The van der Waals surface area contributed by atoms with E-state index in [0.717, 1.165) is 18.5 Å². The normalized spacial score (nSPS) is 12.4. The Balaban J connectivity index is 2.79. The zero-order valence-electron chi connectivity index (χ0n) is 12.5. The number of carboxylic acids is 1. The van der Waals surface area contributed by atoms with Crippen molar-refractivity contribution in [2.24, 2.45) is 0 Å². The summed E-state index contributed by atoms with van der Waals surface area (Å²) in [7, 11) is 0. The quantitative estimate of drug-likeness (QED) is 0.802. The molecule has 1 unspecified atom stereocenters. The minimum Gasteiger partial charge on any atom is -0.481 e. The third-order valence-corrected chi connectivity index (χ3v) is 3.30. The smallest absolute Gasteiger partial charge is 0.305 e. The number of aliphatic carboxylic acids is 1. The van der Waals surface area contributed by atoms with Gasteiger partial charge in [-0.3, -0.25) is 14.3 Å². The molecule has 0 aliphatic rings. The van der Waals surface area contributed by atoms with Crippen molar-refractivity contribution in [2.75, 3.05) is 0 Å². The molecule has 1 aromatic heterocycles. The fourth-order valence-corrected chi connectivity index (χ4v) is 2.21. The van der Waals surface area contributed by atoms with Crippen LogP contribution in [0.1, 0.15) is 62.3 Å². The number of nitrogens with one attached hydrogen (secondary N) is 1. The van der Waals surface area contributed by atoms with Crippen LogP contribution in [-0.2, 0) is 4.79 Å². The number of aromatic nitrogens is 2. The Bertz CT molecular complexity index is 478. The van der Waals surface area contributed by atoms with Crippen molar-refractivity contribution in [1.82, 2.24) is 15.1 Å². The number of hydrogen-bond donors (Lipinski definition) is 2. The third-order valence-electron chi connectivity index (χ3n) is 3.30. The van der Waals surface area contributed by atoms with E-state index in [2.05, 4.69) is 24.3 Å². The third kappa shape index (κ3) is 4.08. The molecule has 1 heterocycles. The van der Waals surface area contributed by atoms with E-state index in [4.69, 9.17) is 5.11 Å². The summed E-state index contributed by atoms with van der Waals surface area (Å²) in [4.78, 5) is 22.6. The van der Waals surface area contributed by atoms with Gasteiger partial charge in [0.25, 0.3) is 5.91 Å². The molecule has 0 radical (unpaired) electrons. The predicted octanol–water partition coefficient (Wildman–Crippen LogP) is 2.15. The van der Waals surface area contributed by atoms with E-state index in [-0.39, 0.29) is 18.4 Å². The first-order valence-corrected chi connectivity index (χ1v) is 6.97. The van der Waals surface area contributed by atoms with Gasteiger partial charge in [-0.2, -0.15) is 5.10 Å². The fraction of sp³-hybridized carbons (Fsp3) is 0.643. The molecule has 6 nitrogen and oxygen atoms in total. The summed E-state index contributed by atoms with van der Waals surface area (Å²) in [6, 6.07) is 1.60. The van der Waals surface area contributed by atoms with Crippen molar-refractivity contribution in [1.29, 1.82) is 0 Å². The number of hydrogen-bond acceptors (Lipinski definition) is 3. The van der Waals surface area contributed by atoms with Crippen LogP contribution in [0.25, 0.3) is 0 Å². The Kier molecular flexibility index (Phi) is 5.73. The molecule has 112 valence electrons. The van der Waals surface area contributed by atoms with E-state index < -0.39 is 12.0 Å². The van der Waals surface area contributed by atoms with Crippen molar-refractivity contribution in [2.45, 2.75) is 59.0 Å². The molecular formula is C14H23N3O3. The summed E-state index contributed by atoms with van der Waals surface area (Å²) < 4.78 is 1.87. The summed E-state index contributed by atoms with van der Waals surface area (Å²) in [5.74, 6) is -1.26. The molecule has 0 spiro atoms. The van der Waals surface area contributed by atoms with Crippen LogP contribution in [0.15, 0.2) is 6.07 Å². The molecule has 1 rings (SSSR count). The molecule has 0 fully saturated rings. The van der Waals surface area contributed by atoms with Crippen molar-refractivity contribution in [3.63, 3.8) is 0 Å². The van der Waals surface area contributed by atoms with Crippen molar-refractivity contribution in [3.05, 3.63) is 17.5 Å². The first-order valence-electron chi connectivity index (χ1n) is 6.97. The lowest BCUT2D eigenvalue weighted by molar-refractivity contribution is -0.137. The molecule has 6 heteroatoms. The molecule has 0 aromatic carbocycles. The maximum absolute atomic E-state index is 12.0. The summed E-state index contributed by atoms with van der Waals surface area (Å²) >= 11 is 0. The standard InChI is InChI=1S/C14H23N3O3/c1-5-11(6-2)17-10(4)8-12(16-17)14(20)15-9(3)7-13(18)19/h8-9,11H,5-7H2,1-4H3,(H,15,20)(H,18,19). The molecule has 0 aliphatic carbocycles. The van der Waals surface area contributed by atoms with Gasteiger partial charge >= 0.3 is 5.97 Å². The van der Waals surface area contributed by atoms with E-state index in [1.54, 1.807) is 13.0 Å². The Morgan fingerprint density at radius 2 is 2.00 bits per heavy atom. The summed E-state index contributed by atoms with van der Waals surface area (Å²) in [6.45, 7) is 7.76. The second kappa shape index (κ2) is 7.07. The summed E-state index contributed by atoms with van der Waals surface area (Å²) in [5.41, 5.74) is 1.28. The van der Waals surface area contributed by atoms with Crippen LogP contribution in [0, 0.1) is 6.92 Å². The number of carbonyl (C=O) groups excluding carboxylic acids is 1. The minimum atomic E-state index is -0.934. The first-order chi connectivity index (χ1) is 9.38. The summed E-state index contributed by atoms with van der Waals surface area (Å²) in [6.07, 6.45) is 1.81. The predicted molar refractivity (Wildman–Crippen MR) is 75.8 cm³/mol. The number of nitrogens with zero attached hydrogens (tertiary/aromatic N) is 2. The Labute approximate surface area is 119 Å². The van der Waals surface area contributed by atoms with E-state index >= 15 is 0 Å². The lowest BCUT2D eigenvalue weighted by Crippen LogP contribution is -2.34. The zero-order valence-corrected chi connectivity index (χ0v) is 12.5. The second-order valence-corrected chi connectivity index (χ2v) is 5.06. The highest BCUT2D eigenvalue weighted by Crippen LogP contribution is 2.18. The van der Waals surface area contributed by atoms with Crippen molar-refractivity contribution < 1.29 is 14.7 Å². The Morgan fingerprint density at radius 1 is 1.40 bits per heavy atom. The molecule has 0 aliphatic heterocycles. The zero-order chi connectivity index (χ0) is 15.3. The molecule has 1 aromatic rings. The van der Waals surface area contributed by atoms with Gasteiger partial charge in [0.2, 0.25) is 0 Å². The number of rotatable bonds is 7. The average Bonchev–Trinajstić information content (AvgIpc) is 2.72. The van der Waals surface area contributed by atoms with Gasteiger partial charge in [-0.15, -0.1) is 0 Å². The largest absolute Gasteiger partial charge is 0.481 e. The van der Waals surface area contributed by atoms with Gasteiger partial charge in [0.05, 0.1) is 12.5 Å². The lowest BCUT2D eigenvalue weighted by atomic mass is 10.2. The molecule has 20 heavy (non-hydrogen) atoms. The number of carbonyl (C=O) groups is 2. The highest BCUT2D eigenvalue weighted by atomic mass is 16.4. The molecule has 0 bridgehead atoms. The van der Waals surface area contributed by atoms with Gasteiger partial charge in [0, 0.05) is 11.7 Å². The van der Waals surface area contributed by atoms with Gasteiger partial charge in [0.1, 0.15) is 5.69 Å². The fourth-order valence-electron chi connectivity index (χ4n) is 2.21. The van der Waals surface area contributed by atoms with Crippen LogP contribution in [0.2, 0.25) is 0 Å². The van der Waals surface area contributed by atoms with E-state index in [9.17, 15) is 9.59 Å². The topological polar surface area (TPSA) is 84.2 Å². The van der Waals surface area contributed by atoms with Crippen LogP contribution in [0.5, 0.6) is 0 Å². The average molecular weight is 281 g/mol. The van der Waals surface area contributed by atoms with E-state index in [0.29, 0.717) is 5.69 Å². The van der Waals surface area contributed by atoms with Crippen molar-refractivity contribution in [3.8, 4) is 0 Å². The molecule has 2 N–H and O–H groups in total. The van der Waals surface area contributed by atoms with Crippen LogP contribution in [-0.4, -0.2) is 32.8 Å². The molecule has 0 saturated heterocycles. The second-order valence-electron chi connectivity index (χ2n) is 5.06. The van der Waals surface area contributed by atoms with E-state index in [1.165, 1.54) is 0 Å². The van der Waals surface area contributed by atoms with Gasteiger partial charge in [0.15, 0.2) is 0 Å². The Hall–Kier alpha value is -1.85. The molecule has 1 atom stereocenters. The Morgan fingerprint density at radius 3 is 2.50 bits per heavy atom. The lowest BCUT2D eigenvalue weighted by Gasteiger charge is -2.15. The van der Waals surface area contributed by atoms with Crippen molar-refractivity contribution >= 4 is 11.9 Å². The highest BCUT2D eigenvalue weighted by Gasteiger charge is 2.18. The highest BCUT2D eigenvalue weighted by molar-refractivity contribution is 5.92. The number of aryl methyl sites for hydroxylation is 1. The van der Waals surface area contributed by atoms with Gasteiger partial charge in [-0.05, 0) is 32.8 Å². The molecular weight excluding hydrogens is 258 g/mol. The minimum absolute atomic E-state index is 0.0992. The van der Waals surface area contributed by atoms with Crippen LogP contribution in [0.3, 0.4) is 0 Å².